The van der Waals surface area contributed by atoms with Crippen LogP contribution in [-0.4, -0.2) is 9.13 Å². The number of benzene rings is 22. The number of hydrogen-bond acceptors (Lipinski definition) is 4. The zero-order chi connectivity index (χ0) is 94.5. The van der Waals surface area contributed by atoms with Gasteiger partial charge < -0.3 is 27.8 Å². The summed E-state index contributed by atoms with van der Waals surface area (Å²) >= 11 is 0. The third kappa shape index (κ3) is 16.0. The van der Waals surface area contributed by atoms with Crippen molar-refractivity contribution in [2.75, 3.05) is 9.80 Å². The van der Waals surface area contributed by atoms with Crippen LogP contribution in [0.15, 0.2) is 531 Å². The minimum atomic E-state index is 0.638. The van der Waals surface area contributed by atoms with E-state index in [-0.39, 0.29) is 0 Å². The summed E-state index contributed by atoms with van der Waals surface area (Å²) in [6.07, 6.45) is 0. The molecule has 26 aromatic rings. The second-order valence-corrected chi connectivity index (χ2v) is 36.1. The Kier molecular flexibility index (Phi) is 21.6. The summed E-state index contributed by atoms with van der Waals surface area (Å²) < 4.78 is 17.8. The van der Waals surface area contributed by atoms with Gasteiger partial charge in [-0.15, -0.1) is 0 Å². The number of nitrogens with zero attached hydrogens (tertiary/aromatic N) is 6. The van der Waals surface area contributed by atoms with E-state index in [0.29, 0.717) is 11.4 Å². The van der Waals surface area contributed by atoms with E-state index in [1.807, 2.05) is 72.8 Å². The molecule has 22 aromatic carbocycles. The molecule has 0 atom stereocenters. The first-order valence-electron chi connectivity index (χ1n) is 47.8. The highest BCUT2D eigenvalue weighted by molar-refractivity contribution is 6.13. The van der Waals surface area contributed by atoms with E-state index in [4.69, 9.17) is 22.0 Å². The van der Waals surface area contributed by atoms with Crippen molar-refractivity contribution in [1.29, 1.82) is 0 Å². The van der Waals surface area contributed by atoms with Crippen molar-refractivity contribution in [2.24, 2.45) is 0 Å². The summed E-state index contributed by atoms with van der Waals surface area (Å²) in [5, 5.41) is 9.20. The second kappa shape index (κ2) is 36.4. The lowest BCUT2D eigenvalue weighted by Crippen LogP contribution is -2.10. The first-order chi connectivity index (χ1) is 70.2. The Morgan fingerprint density at radius 1 is 0.155 bits per heavy atom. The van der Waals surface area contributed by atoms with Crippen molar-refractivity contribution in [3.05, 3.63) is 545 Å². The molecule has 4 heterocycles. The summed E-state index contributed by atoms with van der Waals surface area (Å²) in [5.41, 5.74) is 40.1. The van der Waals surface area contributed by atoms with Gasteiger partial charge in [-0.3, -0.25) is 0 Å². The summed E-state index contributed by atoms with van der Waals surface area (Å²) in [4.78, 5) is 11.9. The molecule has 0 N–H and O–H groups in total. The van der Waals surface area contributed by atoms with Gasteiger partial charge in [0.15, 0.2) is 11.4 Å². The van der Waals surface area contributed by atoms with Crippen LogP contribution in [0.4, 0.5) is 45.5 Å². The van der Waals surface area contributed by atoms with E-state index in [1.165, 1.54) is 38.2 Å². The van der Waals surface area contributed by atoms with E-state index >= 15 is 0 Å². The Bertz CT molecular complexity index is 9280. The predicted molar refractivity (Wildman–Crippen MR) is 592 cm³/mol. The minimum Gasteiger partial charge on any atom is -0.456 e. The number of fused-ring (bicyclic) bond motifs is 12. The molecule has 664 valence electrons. The summed E-state index contributed by atoms with van der Waals surface area (Å²) in [5.74, 6) is 0. The molecule has 0 spiro atoms. The van der Waals surface area contributed by atoms with Gasteiger partial charge in [0, 0.05) is 88.6 Å². The average molecular weight is 1810 g/mol. The lowest BCUT2D eigenvalue weighted by Gasteiger charge is -2.27. The van der Waals surface area contributed by atoms with Gasteiger partial charge in [-0.2, -0.15) is 0 Å². The molecule has 0 aliphatic carbocycles. The van der Waals surface area contributed by atoms with E-state index in [0.717, 1.165) is 206 Å². The first kappa shape index (κ1) is 84.4. The quantitative estimate of drug-likeness (QED) is 0.0804. The number of hydrogen-bond donors (Lipinski definition) is 0. The average Bonchev–Trinajstić information content (AvgIpc) is 1.58. The fourth-order valence-electron chi connectivity index (χ4n) is 20.5. The molecule has 0 unspecified atom stereocenters. The van der Waals surface area contributed by atoms with Gasteiger partial charge in [-0.25, -0.2) is 9.69 Å². The van der Waals surface area contributed by atoms with Crippen LogP contribution in [0.25, 0.3) is 220 Å². The molecule has 0 saturated heterocycles. The maximum atomic E-state index is 7.41. The van der Waals surface area contributed by atoms with E-state index in [2.05, 4.69) is 478 Å². The van der Waals surface area contributed by atoms with Gasteiger partial charge in [0.2, 0.25) is 0 Å². The maximum absolute atomic E-state index is 7.41. The third-order valence-corrected chi connectivity index (χ3v) is 27.6. The molecule has 142 heavy (non-hydrogen) atoms. The highest BCUT2D eigenvalue weighted by Gasteiger charge is 2.25. The number of furan rings is 2. The molecular weight excluding hydrogens is 1730 g/mol. The van der Waals surface area contributed by atoms with Gasteiger partial charge in [0.25, 0.3) is 0 Å². The largest absolute Gasteiger partial charge is 0.456 e. The van der Waals surface area contributed by atoms with Crippen LogP contribution < -0.4 is 9.80 Å². The third-order valence-electron chi connectivity index (χ3n) is 27.6. The van der Waals surface area contributed by atoms with Crippen LogP contribution in [0.5, 0.6) is 0 Å². The Hall–Kier alpha value is -19.4. The lowest BCUT2D eigenvalue weighted by molar-refractivity contribution is 0.668. The lowest BCUT2D eigenvalue weighted by atomic mass is 9.95. The van der Waals surface area contributed by atoms with Crippen molar-refractivity contribution in [2.45, 2.75) is 0 Å². The monoisotopic (exact) mass is 1810 g/mol. The van der Waals surface area contributed by atoms with E-state index in [9.17, 15) is 0 Å². The molecule has 8 nitrogen and oxygen atoms in total. The zero-order valence-electron chi connectivity index (χ0n) is 77.2. The molecule has 0 aliphatic rings. The van der Waals surface area contributed by atoms with Crippen molar-refractivity contribution in [3.63, 3.8) is 0 Å². The fourth-order valence-corrected chi connectivity index (χ4v) is 20.5. The van der Waals surface area contributed by atoms with Crippen LogP contribution in [0.2, 0.25) is 0 Å². The molecule has 8 heteroatoms. The highest BCUT2D eigenvalue weighted by Crippen LogP contribution is 2.49. The molecule has 26 rings (SSSR count). The molecule has 0 amide bonds. The molecular formula is C134H86N6O2. The normalized spacial score (nSPS) is 11.4. The molecule has 0 aliphatic heterocycles. The van der Waals surface area contributed by atoms with Crippen molar-refractivity contribution < 1.29 is 8.83 Å². The summed E-state index contributed by atoms with van der Waals surface area (Å²) in [7, 11) is 0. The highest BCUT2D eigenvalue weighted by atomic mass is 16.3. The molecule has 0 radical (unpaired) electrons. The zero-order valence-corrected chi connectivity index (χ0v) is 77.2. The summed E-state index contributed by atoms with van der Waals surface area (Å²) in [6.45, 7) is 14.8. The van der Waals surface area contributed by atoms with Crippen LogP contribution in [0, 0.1) is 13.1 Å². The maximum Gasteiger partial charge on any atom is 0.187 e. The molecule has 0 bridgehead atoms. The van der Waals surface area contributed by atoms with Crippen molar-refractivity contribution >= 4 is 133 Å². The van der Waals surface area contributed by atoms with Gasteiger partial charge in [0.1, 0.15) is 22.3 Å². The molecule has 0 fully saturated rings. The first-order valence-corrected chi connectivity index (χ1v) is 47.8. The second-order valence-electron chi connectivity index (χ2n) is 36.1. The Balaban J connectivity index is 0.000000149. The summed E-state index contributed by atoms with van der Waals surface area (Å²) in [6, 6.07) is 186. The van der Waals surface area contributed by atoms with Crippen molar-refractivity contribution in [1.82, 2.24) is 9.13 Å². The van der Waals surface area contributed by atoms with E-state index < -0.39 is 0 Å². The van der Waals surface area contributed by atoms with E-state index in [1.54, 1.807) is 0 Å². The predicted octanol–water partition coefficient (Wildman–Crippen LogP) is 38.1. The Morgan fingerprint density at radius 3 is 0.761 bits per heavy atom. The number of para-hydroxylation sites is 4. The van der Waals surface area contributed by atoms with Crippen LogP contribution >= 0.6 is 0 Å². The van der Waals surface area contributed by atoms with Gasteiger partial charge in [-0.1, -0.05) is 352 Å². The Labute approximate surface area is 822 Å². The van der Waals surface area contributed by atoms with Gasteiger partial charge in [-0.05, 0) is 281 Å². The molecule has 0 saturated carbocycles. The number of rotatable bonds is 18. The standard InChI is InChI=1S/2C67H43N3O/c1-68-55-31-23-47(24-32-55)49-27-35-57(36-28-49)70-64-21-10-8-19-60(64)61-37-29-51(43-65(61)70)53-39-54(52-30-38-63-62-20-9-11-22-66(62)71-67(63)44-52)42-59(41-53)69(56-33-25-48(26-34-56)45-13-4-2-5-14-45)58-18-12-17-50(40-58)46-15-6-3-7-16-46;1-68-55-30-20-47(21-31-55)50-26-36-58(37-27-50)70-64-18-10-8-16-60(64)61-38-28-51(43-65(61)70)53-40-54(52-29-39-63-62-17-9-11-19-66(62)71-67(63)44-52)42-59(41-53)69(56-32-22-48(23-33-56)45-12-4-2-5-13-45)57-34-24-49(25-35-57)46-14-6-3-7-15-46/h2*2-44H. The van der Waals surface area contributed by atoms with Crippen molar-refractivity contribution in [3.8, 4) is 123 Å². The minimum absolute atomic E-state index is 0.638. The molecule has 4 aromatic heterocycles. The topological polar surface area (TPSA) is 51.3 Å². The van der Waals surface area contributed by atoms with Gasteiger partial charge in [0.05, 0.1) is 35.2 Å². The van der Waals surface area contributed by atoms with Crippen LogP contribution in [0.1, 0.15) is 0 Å². The Morgan fingerprint density at radius 2 is 0.401 bits per heavy atom. The smallest absolute Gasteiger partial charge is 0.187 e. The van der Waals surface area contributed by atoms with Gasteiger partial charge >= 0.3 is 0 Å². The fraction of sp³-hybridized carbons (Fsp3) is 0. The number of anilines is 6. The SMILES string of the molecule is [C-]#[N+]c1ccc(-c2ccc(-n3c4ccccc4c4ccc(-c5cc(-c6ccc7c(c6)oc6ccccc67)cc(N(c6ccc(-c7ccccc7)cc6)c6ccc(-c7ccccc7)cc6)c5)cc43)cc2)cc1.[C-]#[N+]c1ccc(-c2ccc(-n3c4ccccc4c4ccc(-c5cc(-c6ccc7c(c6)oc6ccccc67)cc(N(c6ccc(-c7ccccc7)cc6)c6cccc(-c7ccccc7)c6)c5)cc43)cc2)cc1. The van der Waals surface area contributed by atoms with Crippen LogP contribution in [0.3, 0.4) is 0 Å². The number of aromatic nitrogens is 2. The van der Waals surface area contributed by atoms with Crippen LogP contribution in [-0.2, 0) is 0 Å².